The Morgan fingerprint density at radius 2 is 1.66 bits per heavy atom. The second-order valence-corrected chi connectivity index (χ2v) is 9.66. The van der Waals surface area contributed by atoms with Crippen LogP contribution in [0.5, 0.6) is 0 Å². The zero-order valence-electron chi connectivity index (χ0n) is 20.4. The molecule has 3 atom stereocenters. The number of amides is 2. The van der Waals surface area contributed by atoms with Crippen LogP contribution in [0, 0.1) is 5.92 Å². The molecule has 1 aliphatic heterocycles. The van der Waals surface area contributed by atoms with Crippen molar-refractivity contribution in [3.8, 4) is 11.1 Å². The maximum absolute atomic E-state index is 13.2. The molecule has 0 spiro atoms. The molecule has 0 aromatic heterocycles. The number of carbonyl (C=O) groups is 3. The van der Waals surface area contributed by atoms with Crippen LogP contribution in [-0.2, 0) is 14.3 Å². The second-order valence-electron chi connectivity index (χ2n) is 9.66. The van der Waals surface area contributed by atoms with Gasteiger partial charge in [-0.05, 0) is 54.9 Å². The number of carboxylic acids is 1. The van der Waals surface area contributed by atoms with E-state index in [4.69, 9.17) is 9.84 Å². The number of rotatable bonds is 8. The van der Waals surface area contributed by atoms with Crippen molar-refractivity contribution in [3.63, 3.8) is 0 Å². The molecule has 2 amide bonds. The molecule has 1 aliphatic carbocycles. The van der Waals surface area contributed by atoms with Gasteiger partial charge >= 0.3 is 12.1 Å². The first-order chi connectivity index (χ1) is 16.9. The quantitative estimate of drug-likeness (QED) is 0.568. The van der Waals surface area contributed by atoms with E-state index in [0.29, 0.717) is 13.0 Å². The van der Waals surface area contributed by atoms with E-state index < -0.39 is 24.0 Å². The van der Waals surface area contributed by atoms with E-state index in [1.807, 2.05) is 29.2 Å². The summed E-state index contributed by atoms with van der Waals surface area (Å²) in [6, 6.07) is 15.9. The minimum absolute atomic E-state index is 0.0224. The summed E-state index contributed by atoms with van der Waals surface area (Å²) in [4.78, 5) is 38.7. The molecule has 1 fully saturated rings. The van der Waals surface area contributed by atoms with Gasteiger partial charge in [0.15, 0.2) is 0 Å². The van der Waals surface area contributed by atoms with Crippen molar-refractivity contribution in [1.29, 1.82) is 0 Å². The Hall–Kier alpha value is -3.35. The Labute approximate surface area is 206 Å². The summed E-state index contributed by atoms with van der Waals surface area (Å²) in [6.45, 7) is 4.46. The Morgan fingerprint density at radius 1 is 1.03 bits per heavy atom. The van der Waals surface area contributed by atoms with Crippen LogP contribution in [0.2, 0.25) is 0 Å². The van der Waals surface area contributed by atoms with Crippen LogP contribution in [-0.4, -0.2) is 53.2 Å². The Balaban J connectivity index is 1.34. The van der Waals surface area contributed by atoms with Gasteiger partial charge in [-0.15, -0.1) is 0 Å². The summed E-state index contributed by atoms with van der Waals surface area (Å²) in [5.41, 5.74) is 4.64. The lowest BCUT2D eigenvalue weighted by Crippen LogP contribution is -2.50. The number of hydrogen-bond donors (Lipinski definition) is 2. The maximum Gasteiger partial charge on any atom is 0.407 e. The van der Waals surface area contributed by atoms with Crippen LogP contribution in [0.25, 0.3) is 11.1 Å². The van der Waals surface area contributed by atoms with Crippen LogP contribution in [0.15, 0.2) is 48.5 Å². The van der Waals surface area contributed by atoms with Gasteiger partial charge in [-0.25, -0.2) is 4.79 Å². The Morgan fingerprint density at radius 3 is 2.29 bits per heavy atom. The summed E-state index contributed by atoms with van der Waals surface area (Å²) in [5, 5.41) is 11.9. The molecule has 1 heterocycles. The predicted octanol–water partition coefficient (Wildman–Crippen LogP) is 4.80. The zero-order valence-corrected chi connectivity index (χ0v) is 20.4. The minimum atomic E-state index is -0.846. The van der Waals surface area contributed by atoms with Crippen LogP contribution in [0.3, 0.4) is 0 Å². The van der Waals surface area contributed by atoms with Crippen LogP contribution in [0.1, 0.15) is 63.0 Å². The highest BCUT2D eigenvalue weighted by Crippen LogP contribution is 2.44. The molecule has 4 rings (SSSR count). The highest BCUT2D eigenvalue weighted by Gasteiger charge is 2.33. The lowest BCUT2D eigenvalue weighted by atomic mass is 9.94. The first kappa shape index (κ1) is 24.8. The molecule has 1 saturated heterocycles. The van der Waals surface area contributed by atoms with E-state index in [2.05, 4.69) is 29.6 Å². The van der Waals surface area contributed by atoms with Crippen molar-refractivity contribution in [1.82, 2.24) is 10.2 Å². The summed E-state index contributed by atoms with van der Waals surface area (Å²) >= 11 is 0. The van der Waals surface area contributed by atoms with Gasteiger partial charge in [-0.3, -0.25) is 9.59 Å². The highest BCUT2D eigenvalue weighted by atomic mass is 16.5. The largest absolute Gasteiger partial charge is 0.481 e. The number of piperidine rings is 1. The van der Waals surface area contributed by atoms with Crippen molar-refractivity contribution >= 4 is 18.0 Å². The molecule has 2 aliphatic rings. The van der Waals surface area contributed by atoms with Gasteiger partial charge in [0.05, 0.1) is 5.92 Å². The fourth-order valence-corrected chi connectivity index (χ4v) is 5.31. The SMILES string of the molecule is CC(NC(=O)OCC1c2ccccc2-c2ccccc21)C(C)C(=O)N1CCCCC1CCC(=O)O. The third kappa shape index (κ3) is 5.50. The average molecular weight is 479 g/mol. The minimum Gasteiger partial charge on any atom is -0.481 e. The van der Waals surface area contributed by atoms with E-state index >= 15 is 0 Å². The summed E-state index contributed by atoms with van der Waals surface area (Å²) < 4.78 is 5.63. The van der Waals surface area contributed by atoms with E-state index in [0.717, 1.165) is 30.4 Å². The van der Waals surface area contributed by atoms with Crippen LogP contribution >= 0.6 is 0 Å². The van der Waals surface area contributed by atoms with Gasteiger partial charge in [0.25, 0.3) is 0 Å². The number of hydrogen-bond acceptors (Lipinski definition) is 4. The molecule has 0 radical (unpaired) electrons. The molecule has 0 bridgehead atoms. The number of carboxylic acid groups (broad SMARTS) is 1. The van der Waals surface area contributed by atoms with Gasteiger partial charge in [0.1, 0.15) is 6.61 Å². The number of aliphatic carboxylic acids is 1. The molecule has 3 unspecified atom stereocenters. The third-order valence-corrected chi connectivity index (χ3v) is 7.43. The predicted molar refractivity (Wildman–Crippen MR) is 133 cm³/mol. The third-order valence-electron chi connectivity index (χ3n) is 7.43. The van der Waals surface area contributed by atoms with Gasteiger partial charge in [-0.2, -0.15) is 0 Å². The summed E-state index contributed by atoms with van der Waals surface area (Å²) in [6.07, 6.45) is 2.70. The highest BCUT2D eigenvalue weighted by molar-refractivity contribution is 5.81. The molecule has 186 valence electrons. The molecular formula is C28H34N2O5. The normalized spacial score (nSPS) is 18.8. The molecule has 0 saturated carbocycles. The number of alkyl carbamates (subject to hydrolysis) is 1. The molecule has 2 N–H and O–H groups in total. The molecular weight excluding hydrogens is 444 g/mol. The van der Waals surface area contributed by atoms with Crippen molar-refractivity contribution in [2.45, 2.75) is 64.0 Å². The van der Waals surface area contributed by atoms with Crippen LogP contribution < -0.4 is 5.32 Å². The van der Waals surface area contributed by atoms with E-state index in [1.54, 1.807) is 13.8 Å². The Kier molecular flexibility index (Phi) is 7.73. The van der Waals surface area contributed by atoms with Gasteiger partial charge < -0.3 is 20.1 Å². The maximum atomic E-state index is 13.2. The summed E-state index contributed by atoms with van der Waals surface area (Å²) in [5.74, 6) is -1.36. The second kappa shape index (κ2) is 10.9. The monoisotopic (exact) mass is 478 g/mol. The summed E-state index contributed by atoms with van der Waals surface area (Å²) in [7, 11) is 0. The standard InChI is InChI=1S/C28H34N2O5/c1-18(27(33)30-16-8-7-9-20(30)14-15-26(31)32)19(2)29-28(34)35-17-25-23-12-5-3-10-21(23)22-11-4-6-13-24(22)25/h3-6,10-13,18-20,25H,7-9,14-17H2,1-2H3,(H,29,34)(H,31,32). The van der Waals surface area contributed by atoms with E-state index in [9.17, 15) is 14.4 Å². The number of fused-ring (bicyclic) bond motifs is 3. The fraction of sp³-hybridized carbons (Fsp3) is 0.464. The number of likely N-dealkylation sites (tertiary alicyclic amines) is 1. The number of nitrogens with zero attached hydrogens (tertiary/aromatic N) is 1. The number of benzene rings is 2. The average Bonchev–Trinajstić information content (AvgIpc) is 3.19. The first-order valence-electron chi connectivity index (χ1n) is 12.5. The van der Waals surface area contributed by atoms with E-state index in [-0.39, 0.29) is 30.9 Å². The van der Waals surface area contributed by atoms with Crippen molar-refractivity contribution in [3.05, 3.63) is 59.7 Å². The van der Waals surface area contributed by atoms with Gasteiger partial charge in [0, 0.05) is 31.0 Å². The molecule has 7 nitrogen and oxygen atoms in total. The topological polar surface area (TPSA) is 95.9 Å². The van der Waals surface area contributed by atoms with Crippen molar-refractivity contribution < 1.29 is 24.2 Å². The van der Waals surface area contributed by atoms with Crippen molar-refractivity contribution in [2.75, 3.05) is 13.2 Å². The Bertz CT molecular complexity index is 1040. The fourth-order valence-electron chi connectivity index (χ4n) is 5.31. The zero-order chi connectivity index (χ0) is 24.9. The van der Waals surface area contributed by atoms with Gasteiger partial charge in [0.2, 0.25) is 5.91 Å². The molecule has 35 heavy (non-hydrogen) atoms. The molecule has 7 heteroatoms. The first-order valence-corrected chi connectivity index (χ1v) is 12.5. The van der Waals surface area contributed by atoms with Crippen molar-refractivity contribution in [2.24, 2.45) is 5.92 Å². The van der Waals surface area contributed by atoms with Gasteiger partial charge in [-0.1, -0.05) is 55.5 Å². The molecule has 2 aromatic carbocycles. The number of ether oxygens (including phenoxy) is 1. The van der Waals surface area contributed by atoms with Crippen LogP contribution in [0.4, 0.5) is 4.79 Å². The van der Waals surface area contributed by atoms with E-state index in [1.165, 1.54) is 11.1 Å². The number of carbonyl (C=O) groups excluding carboxylic acids is 2. The lowest BCUT2D eigenvalue weighted by Gasteiger charge is -2.38. The lowest BCUT2D eigenvalue weighted by molar-refractivity contribution is -0.142. The molecule has 2 aromatic rings. The number of nitrogens with one attached hydrogen (secondary N) is 1. The smallest absolute Gasteiger partial charge is 0.407 e.